The topological polar surface area (TPSA) is 9.72 Å². The SMILES string of the molecule is CC(C)N(C)CC[N+]1(I)C=CN(CCN(C)C)C1C. The van der Waals surface area contributed by atoms with E-state index in [2.05, 4.69) is 91.9 Å². The van der Waals surface area contributed by atoms with Gasteiger partial charge in [-0.1, -0.05) is 0 Å². The van der Waals surface area contributed by atoms with Crippen LogP contribution in [-0.2, 0) is 0 Å². The lowest BCUT2D eigenvalue weighted by atomic mass is 10.3. The highest BCUT2D eigenvalue weighted by molar-refractivity contribution is 14.1. The highest BCUT2D eigenvalue weighted by Crippen LogP contribution is 2.30. The second-order valence-electron chi connectivity index (χ2n) is 6.10. The smallest absolute Gasteiger partial charge is 0.256 e. The van der Waals surface area contributed by atoms with Crippen LogP contribution in [0.3, 0.4) is 0 Å². The Morgan fingerprint density at radius 2 is 1.89 bits per heavy atom. The Morgan fingerprint density at radius 1 is 1.26 bits per heavy atom. The third kappa shape index (κ3) is 4.88. The zero-order valence-corrected chi connectivity index (χ0v) is 15.5. The van der Waals surface area contributed by atoms with E-state index in [-0.39, 0.29) is 0 Å². The van der Waals surface area contributed by atoms with Gasteiger partial charge in [-0.2, -0.15) is 0 Å². The molecule has 0 radical (unpaired) electrons. The minimum atomic E-state index is 0.529. The minimum Gasteiger partial charge on any atom is -0.322 e. The molecule has 0 aromatic rings. The van der Waals surface area contributed by atoms with Gasteiger partial charge < -0.3 is 9.80 Å². The molecule has 2 unspecified atom stereocenters. The molecular formula is C14H30IN4+. The van der Waals surface area contributed by atoms with Gasteiger partial charge in [0.05, 0.1) is 6.20 Å². The summed E-state index contributed by atoms with van der Waals surface area (Å²) in [6.07, 6.45) is 5.14. The third-order valence-electron chi connectivity index (χ3n) is 4.09. The van der Waals surface area contributed by atoms with Crippen LogP contribution in [0.5, 0.6) is 0 Å². The van der Waals surface area contributed by atoms with Gasteiger partial charge >= 0.3 is 0 Å². The standard InChI is InChI=1S/C14H30IN4/c1-13(2)17(6)9-11-19(15)12-10-18(14(19)3)8-7-16(4)5/h10,12-14H,7-9,11H2,1-6H3/q+1. The van der Waals surface area contributed by atoms with Crippen molar-refractivity contribution in [1.82, 2.24) is 14.7 Å². The van der Waals surface area contributed by atoms with Crippen molar-refractivity contribution in [3.63, 3.8) is 0 Å². The summed E-state index contributed by atoms with van der Waals surface area (Å²) in [5, 5.41) is 0. The van der Waals surface area contributed by atoms with Crippen molar-refractivity contribution in [2.24, 2.45) is 0 Å². The van der Waals surface area contributed by atoms with E-state index in [1.54, 1.807) is 0 Å². The highest BCUT2D eigenvalue weighted by Gasteiger charge is 2.38. The second kappa shape index (κ2) is 7.24. The molecule has 5 heteroatoms. The Balaban J connectivity index is 2.48. The summed E-state index contributed by atoms with van der Waals surface area (Å²) in [6.45, 7) is 11.3. The minimum absolute atomic E-state index is 0.529. The van der Waals surface area contributed by atoms with E-state index in [1.807, 2.05) is 0 Å². The van der Waals surface area contributed by atoms with Gasteiger partial charge in [-0.25, -0.2) is 2.70 Å². The fraction of sp³-hybridized carbons (Fsp3) is 0.857. The maximum atomic E-state index is 2.59. The van der Waals surface area contributed by atoms with Gasteiger partial charge in [0.2, 0.25) is 0 Å². The predicted octanol–water partition coefficient (Wildman–Crippen LogP) is 2.19. The lowest BCUT2D eigenvalue weighted by molar-refractivity contribution is -0.729. The van der Waals surface area contributed by atoms with Gasteiger partial charge in [-0.3, -0.25) is 4.90 Å². The van der Waals surface area contributed by atoms with Crippen LogP contribution in [0.2, 0.25) is 0 Å². The largest absolute Gasteiger partial charge is 0.322 e. The molecule has 0 spiro atoms. The fourth-order valence-electron chi connectivity index (χ4n) is 2.10. The Labute approximate surface area is 133 Å². The zero-order valence-electron chi connectivity index (χ0n) is 13.3. The van der Waals surface area contributed by atoms with Crippen LogP contribution < -0.4 is 0 Å². The number of hydrogen-bond donors (Lipinski definition) is 0. The van der Waals surface area contributed by atoms with E-state index in [1.165, 1.54) is 0 Å². The third-order valence-corrected chi connectivity index (χ3v) is 5.70. The summed E-state index contributed by atoms with van der Waals surface area (Å²) < 4.78 is 0.988. The molecule has 0 aromatic heterocycles. The molecule has 0 aromatic carbocycles. The van der Waals surface area contributed by atoms with E-state index in [0.717, 1.165) is 28.9 Å². The molecule has 1 rings (SSSR count). The number of likely N-dealkylation sites (N-methyl/N-ethyl adjacent to an activating group) is 2. The van der Waals surface area contributed by atoms with Gasteiger partial charge in [0.1, 0.15) is 12.7 Å². The first-order chi connectivity index (χ1) is 8.76. The lowest BCUT2D eigenvalue weighted by Gasteiger charge is -2.35. The van der Waals surface area contributed by atoms with E-state index in [0.29, 0.717) is 12.2 Å². The average molecular weight is 381 g/mol. The molecular weight excluding hydrogens is 351 g/mol. The maximum absolute atomic E-state index is 2.59. The molecule has 0 amide bonds. The monoisotopic (exact) mass is 381 g/mol. The number of nitrogens with zero attached hydrogens (tertiary/aromatic N) is 4. The van der Waals surface area contributed by atoms with Crippen LogP contribution in [0.15, 0.2) is 12.4 Å². The summed E-state index contributed by atoms with van der Waals surface area (Å²) >= 11 is 2.59. The molecule has 112 valence electrons. The average Bonchev–Trinajstić information content (AvgIpc) is 2.61. The molecule has 0 N–H and O–H groups in total. The second-order valence-corrected chi connectivity index (χ2v) is 7.89. The number of rotatable bonds is 7. The normalized spacial score (nSPS) is 27.3. The molecule has 19 heavy (non-hydrogen) atoms. The maximum Gasteiger partial charge on any atom is 0.256 e. The number of quaternary nitrogens is 1. The quantitative estimate of drug-likeness (QED) is 0.495. The molecule has 0 bridgehead atoms. The van der Waals surface area contributed by atoms with Crippen molar-refractivity contribution in [3.05, 3.63) is 12.4 Å². The summed E-state index contributed by atoms with van der Waals surface area (Å²) in [7, 11) is 6.48. The van der Waals surface area contributed by atoms with E-state index < -0.39 is 0 Å². The molecule has 1 aliphatic heterocycles. The Bertz CT molecular complexity index is 306. The van der Waals surface area contributed by atoms with Crippen LogP contribution in [-0.4, -0.2) is 76.9 Å². The lowest BCUT2D eigenvalue weighted by Crippen LogP contribution is -2.49. The fourth-order valence-corrected chi connectivity index (χ4v) is 2.78. The van der Waals surface area contributed by atoms with Crippen LogP contribution in [0.4, 0.5) is 0 Å². The van der Waals surface area contributed by atoms with Crippen molar-refractivity contribution in [1.29, 1.82) is 0 Å². The zero-order chi connectivity index (χ0) is 14.6. The van der Waals surface area contributed by atoms with Gasteiger partial charge in [-0.15, -0.1) is 0 Å². The molecule has 1 heterocycles. The van der Waals surface area contributed by atoms with Crippen molar-refractivity contribution in [2.45, 2.75) is 33.0 Å². The van der Waals surface area contributed by atoms with E-state index >= 15 is 0 Å². The molecule has 0 aliphatic carbocycles. The van der Waals surface area contributed by atoms with Crippen LogP contribution in [0.1, 0.15) is 20.8 Å². The predicted molar refractivity (Wildman–Crippen MR) is 90.8 cm³/mol. The Hall–Kier alpha value is 0.150. The van der Waals surface area contributed by atoms with Crippen LogP contribution >= 0.6 is 22.9 Å². The first kappa shape index (κ1) is 17.2. The van der Waals surface area contributed by atoms with Gasteiger partial charge in [-0.05, 0) is 35.0 Å². The molecule has 1 aliphatic rings. The van der Waals surface area contributed by atoms with Crippen molar-refractivity contribution >= 4 is 22.9 Å². The van der Waals surface area contributed by atoms with Gasteiger partial charge in [0, 0.05) is 32.6 Å². The molecule has 0 fully saturated rings. The van der Waals surface area contributed by atoms with Crippen LogP contribution in [0.25, 0.3) is 0 Å². The molecule has 0 saturated carbocycles. The number of halogens is 1. The summed E-state index contributed by atoms with van der Waals surface area (Å²) in [5.74, 6) is 0. The van der Waals surface area contributed by atoms with Crippen molar-refractivity contribution in [2.75, 3.05) is 47.3 Å². The van der Waals surface area contributed by atoms with Crippen molar-refractivity contribution < 1.29 is 2.70 Å². The van der Waals surface area contributed by atoms with Crippen molar-refractivity contribution in [3.8, 4) is 0 Å². The Kier molecular flexibility index (Phi) is 6.56. The molecule has 0 saturated heterocycles. The first-order valence-electron chi connectivity index (χ1n) is 7.13. The molecule has 4 nitrogen and oxygen atoms in total. The van der Waals surface area contributed by atoms with Gasteiger partial charge in [0.15, 0.2) is 6.17 Å². The number of hydrogen-bond acceptors (Lipinski definition) is 3. The Morgan fingerprint density at radius 3 is 2.42 bits per heavy atom. The van der Waals surface area contributed by atoms with Gasteiger partial charge in [0.25, 0.3) is 22.9 Å². The highest BCUT2D eigenvalue weighted by atomic mass is 127. The summed E-state index contributed by atoms with van der Waals surface area (Å²) in [4.78, 5) is 7.12. The molecule has 2 atom stereocenters. The van der Waals surface area contributed by atoms with Crippen LogP contribution in [0, 0.1) is 0 Å². The first-order valence-corrected chi connectivity index (χ1v) is 8.10. The van der Waals surface area contributed by atoms with E-state index in [9.17, 15) is 0 Å². The summed E-state index contributed by atoms with van der Waals surface area (Å²) in [5.41, 5.74) is 0. The summed E-state index contributed by atoms with van der Waals surface area (Å²) in [6, 6.07) is 0.620. The van der Waals surface area contributed by atoms with E-state index in [4.69, 9.17) is 0 Å².